The van der Waals surface area contributed by atoms with Crippen molar-refractivity contribution >= 4 is 34.4 Å². The van der Waals surface area contributed by atoms with Gasteiger partial charge in [-0.2, -0.15) is 5.10 Å². The van der Waals surface area contributed by atoms with Gasteiger partial charge in [-0.05, 0) is 24.5 Å². The molecule has 3 rings (SSSR count). The zero-order valence-electron chi connectivity index (χ0n) is 15.3. The highest BCUT2D eigenvalue weighted by atomic mass is 35.5. The molecule has 2 heterocycles. The maximum atomic E-state index is 11.1. The van der Waals surface area contributed by atoms with E-state index in [4.69, 9.17) is 16.7 Å². The van der Waals surface area contributed by atoms with Crippen LogP contribution in [-0.2, 0) is 7.05 Å². The van der Waals surface area contributed by atoms with Crippen LogP contribution in [0.3, 0.4) is 0 Å². The van der Waals surface area contributed by atoms with Gasteiger partial charge in [0.15, 0.2) is 5.82 Å². The van der Waals surface area contributed by atoms with E-state index < -0.39 is 6.09 Å². The monoisotopic (exact) mass is 387 g/mol. The summed E-state index contributed by atoms with van der Waals surface area (Å²) in [5.74, 6) is 0.764. The van der Waals surface area contributed by atoms with Gasteiger partial charge in [-0.3, -0.25) is 4.68 Å². The van der Waals surface area contributed by atoms with Crippen LogP contribution < -0.4 is 10.2 Å². The molecule has 2 N–H and O–H groups in total. The molecule has 0 fully saturated rings. The van der Waals surface area contributed by atoms with Crippen molar-refractivity contribution in [2.45, 2.75) is 18.9 Å². The van der Waals surface area contributed by atoms with E-state index in [-0.39, 0.29) is 6.04 Å². The smallest absolute Gasteiger partial charge is 0.405 e. The van der Waals surface area contributed by atoms with Gasteiger partial charge in [-0.1, -0.05) is 41.9 Å². The Hall–Kier alpha value is -2.80. The Labute approximate surface area is 162 Å². The number of nitrogens with zero attached hydrogens (tertiary/aromatic N) is 4. The molecule has 0 aliphatic carbocycles. The van der Waals surface area contributed by atoms with Crippen molar-refractivity contribution in [1.29, 1.82) is 0 Å². The van der Waals surface area contributed by atoms with Gasteiger partial charge in [0.25, 0.3) is 0 Å². The largest absolute Gasteiger partial charge is 0.465 e. The molecule has 3 aromatic rings. The zero-order valence-corrected chi connectivity index (χ0v) is 16.0. The van der Waals surface area contributed by atoms with Crippen molar-refractivity contribution < 1.29 is 9.90 Å². The van der Waals surface area contributed by atoms with Crippen LogP contribution in [0.4, 0.5) is 10.6 Å². The first-order chi connectivity index (χ1) is 13.0. The van der Waals surface area contributed by atoms with Crippen LogP contribution >= 0.6 is 11.6 Å². The fourth-order valence-electron chi connectivity index (χ4n) is 3.21. The number of aromatic nitrogens is 3. The summed E-state index contributed by atoms with van der Waals surface area (Å²) >= 11 is 6.15. The minimum atomic E-state index is -1.02. The minimum absolute atomic E-state index is 0.249. The van der Waals surface area contributed by atoms with Crippen LogP contribution in [0.1, 0.15) is 24.4 Å². The third-order valence-corrected chi connectivity index (χ3v) is 4.71. The first-order valence-corrected chi connectivity index (χ1v) is 9.07. The maximum Gasteiger partial charge on any atom is 0.405 e. The van der Waals surface area contributed by atoms with Crippen molar-refractivity contribution in [3.05, 3.63) is 53.3 Å². The summed E-state index contributed by atoms with van der Waals surface area (Å²) in [4.78, 5) is 17.6. The molecule has 1 atom stereocenters. The summed E-state index contributed by atoms with van der Waals surface area (Å²) in [5.41, 5.74) is 1.88. The van der Waals surface area contributed by atoms with Gasteiger partial charge in [0.05, 0.1) is 12.2 Å². The van der Waals surface area contributed by atoms with Crippen molar-refractivity contribution in [3.63, 3.8) is 0 Å². The standard InChI is InChI=1S/C19H22ClN5O2/c1-24(18-17-14(11-16(20)23-18)12-21-25(17)2)10-6-9-15(22-19(26)27)13-7-4-3-5-8-13/h3-5,7-8,11-12,15,22H,6,9-10H2,1-2H3,(H,26,27). The predicted molar refractivity (Wildman–Crippen MR) is 106 cm³/mol. The number of hydrogen-bond donors (Lipinski definition) is 2. The van der Waals surface area contributed by atoms with Gasteiger partial charge in [-0.15, -0.1) is 0 Å². The summed E-state index contributed by atoms with van der Waals surface area (Å²) in [5, 5.41) is 17.4. The van der Waals surface area contributed by atoms with E-state index in [2.05, 4.69) is 15.4 Å². The quantitative estimate of drug-likeness (QED) is 0.601. The number of carbonyl (C=O) groups is 1. The molecule has 0 aliphatic heterocycles. The molecule has 1 amide bonds. The van der Waals surface area contributed by atoms with E-state index in [1.165, 1.54) is 0 Å². The van der Waals surface area contributed by atoms with E-state index in [1.54, 1.807) is 16.9 Å². The average molecular weight is 388 g/mol. The third kappa shape index (κ3) is 4.49. The van der Waals surface area contributed by atoms with Crippen LogP contribution in [0.15, 0.2) is 42.6 Å². The molecule has 0 aliphatic rings. The van der Waals surface area contributed by atoms with Crippen LogP contribution in [0.2, 0.25) is 5.15 Å². The van der Waals surface area contributed by atoms with E-state index in [0.717, 1.165) is 28.7 Å². The Balaban J connectivity index is 1.70. The normalized spacial score (nSPS) is 12.1. The number of nitrogens with one attached hydrogen (secondary N) is 1. The Morgan fingerprint density at radius 2 is 2.11 bits per heavy atom. The predicted octanol–water partition coefficient (Wildman–Crippen LogP) is 3.85. The van der Waals surface area contributed by atoms with Gasteiger partial charge in [-0.25, -0.2) is 9.78 Å². The summed E-state index contributed by atoms with van der Waals surface area (Å²) in [6.07, 6.45) is 2.20. The van der Waals surface area contributed by atoms with E-state index in [9.17, 15) is 4.79 Å². The number of benzene rings is 1. The van der Waals surface area contributed by atoms with Crippen LogP contribution in [0.5, 0.6) is 0 Å². The van der Waals surface area contributed by atoms with E-state index >= 15 is 0 Å². The highest BCUT2D eigenvalue weighted by molar-refractivity contribution is 6.30. The molecule has 0 spiro atoms. The van der Waals surface area contributed by atoms with Crippen LogP contribution in [0, 0.1) is 0 Å². The van der Waals surface area contributed by atoms with Gasteiger partial charge < -0.3 is 15.3 Å². The SMILES string of the molecule is CN(CCCC(NC(=O)O)c1ccccc1)c1nc(Cl)cc2cnn(C)c12. The van der Waals surface area contributed by atoms with Crippen molar-refractivity contribution in [3.8, 4) is 0 Å². The Morgan fingerprint density at radius 3 is 2.81 bits per heavy atom. The Kier molecular flexibility index (Phi) is 5.81. The molecule has 0 bridgehead atoms. The molecular formula is C19H22ClN5O2. The topological polar surface area (TPSA) is 83.3 Å². The number of amides is 1. The molecule has 27 heavy (non-hydrogen) atoms. The number of fused-ring (bicyclic) bond motifs is 1. The van der Waals surface area contributed by atoms with E-state index in [0.29, 0.717) is 18.1 Å². The summed E-state index contributed by atoms with van der Waals surface area (Å²) in [6.45, 7) is 0.707. The second-order valence-electron chi connectivity index (χ2n) is 6.45. The molecule has 7 nitrogen and oxygen atoms in total. The first-order valence-electron chi connectivity index (χ1n) is 8.69. The van der Waals surface area contributed by atoms with Crippen molar-refractivity contribution in [1.82, 2.24) is 20.1 Å². The number of rotatable bonds is 7. The lowest BCUT2D eigenvalue weighted by Crippen LogP contribution is -2.28. The number of halogens is 1. The lowest BCUT2D eigenvalue weighted by molar-refractivity contribution is 0.189. The lowest BCUT2D eigenvalue weighted by Gasteiger charge is -2.22. The molecule has 2 aromatic heterocycles. The number of anilines is 1. The summed E-state index contributed by atoms with van der Waals surface area (Å²) in [6, 6.07) is 11.1. The fraction of sp³-hybridized carbons (Fsp3) is 0.316. The second kappa shape index (κ2) is 8.26. The molecule has 0 saturated carbocycles. The Bertz CT molecular complexity index is 928. The Morgan fingerprint density at radius 1 is 1.37 bits per heavy atom. The number of aryl methyl sites for hydroxylation is 1. The van der Waals surface area contributed by atoms with Crippen LogP contribution in [-0.4, -0.2) is 39.6 Å². The van der Waals surface area contributed by atoms with Crippen molar-refractivity contribution in [2.75, 3.05) is 18.5 Å². The zero-order chi connectivity index (χ0) is 19.4. The van der Waals surface area contributed by atoms with E-state index in [1.807, 2.05) is 49.3 Å². The van der Waals surface area contributed by atoms with Gasteiger partial charge in [0, 0.05) is 26.0 Å². The number of carboxylic acid groups (broad SMARTS) is 1. The molecular weight excluding hydrogens is 366 g/mol. The van der Waals surface area contributed by atoms with Gasteiger partial charge in [0.2, 0.25) is 0 Å². The third-order valence-electron chi connectivity index (χ3n) is 4.51. The molecule has 1 aromatic carbocycles. The molecule has 0 radical (unpaired) electrons. The van der Waals surface area contributed by atoms with Gasteiger partial charge >= 0.3 is 6.09 Å². The summed E-state index contributed by atoms with van der Waals surface area (Å²) < 4.78 is 1.78. The molecule has 0 saturated heterocycles. The van der Waals surface area contributed by atoms with Crippen molar-refractivity contribution in [2.24, 2.45) is 7.05 Å². The number of pyridine rings is 1. The fourth-order valence-corrected chi connectivity index (χ4v) is 3.41. The highest BCUT2D eigenvalue weighted by Crippen LogP contribution is 2.27. The molecule has 142 valence electrons. The number of hydrogen-bond acceptors (Lipinski definition) is 4. The maximum absolute atomic E-state index is 11.1. The highest BCUT2D eigenvalue weighted by Gasteiger charge is 2.16. The minimum Gasteiger partial charge on any atom is -0.465 e. The molecule has 8 heteroatoms. The summed E-state index contributed by atoms with van der Waals surface area (Å²) in [7, 11) is 3.82. The lowest BCUT2D eigenvalue weighted by atomic mass is 10.0. The first kappa shape index (κ1) is 19.0. The second-order valence-corrected chi connectivity index (χ2v) is 6.84. The molecule has 1 unspecified atom stereocenters. The van der Waals surface area contributed by atoms with Crippen LogP contribution in [0.25, 0.3) is 10.9 Å². The average Bonchev–Trinajstić information content (AvgIpc) is 3.01. The van der Waals surface area contributed by atoms with Gasteiger partial charge in [0.1, 0.15) is 10.7 Å².